The predicted molar refractivity (Wildman–Crippen MR) is 80.3 cm³/mol. The van der Waals surface area contributed by atoms with Crippen LogP contribution < -0.4 is 4.74 Å². The third-order valence-electron chi connectivity index (χ3n) is 4.41. The van der Waals surface area contributed by atoms with Gasteiger partial charge in [-0.05, 0) is 50.5 Å². The zero-order valence-corrected chi connectivity index (χ0v) is 12.7. The highest BCUT2D eigenvalue weighted by Crippen LogP contribution is 2.30. The Labute approximate surface area is 130 Å². The standard InChI is InChI=1S/C17H20N2O3/c1-12(22-14-7-5-13(11-18)6-8-14)17(20)19-9-10-21-16-4-2-3-15(16)19/h5-8,12,15-16H,2-4,9-10H2,1H3/t12-,15+,16-/m0/s1. The first-order chi connectivity index (χ1) is 10.7. The van der Waals surface area contributed by atoms with Gasteiger partial charge < -0.3 is 14.4 Å². The van der Waals surface area contributed by atoms with E-state index in [1.165, 1.54) is 0 Å². The lowest BCUT2D eigenvalue weighted by Gasteiger charge is -2.38. The van der Waals surface area contributed by atoms with Crippen LogP contribution in [0.2, 0.25) is 0 Å². The van der Waals surface area contributed by atoms with Gasteiger partial charge in [-0.15, -0.1) is 0 Å². The molecule has 0 unspecified atom stereocenters. The molecule has 22 heavy (non-hydrogen) atoms. The number of benzene rings is 1. The molecule has 5 heteroatoms. The van der Waals surface area contributed by atoms with Gasteiger partial charge in [-0.2, -0.15) is 5.26 Å². The van der Waals surface area contributed by atoms with Crippen LogP contribution in [-0.2, 0) is 9.53 Å². The molecule has 0 radical (unpaired) electrons. The Kier molecular flexibility index (Phi) is 4.30. The Morgan fingerprint density at radius 1 is 1.41 bits per heavy atom. The van der Waals surface area contributed by atoms with E-state index in [2.05, 4.69) is 6.07 Å². The summed E-state index contributed by atoms with van der Waals surface area (Å²) in [4.78, 5) is 14.6. The fourth-order valence-corrected chi connectivity index (χ4v) is 3.30. The molecule has 1 aliphatic carbocycles. The molecule has 0 N–H and O–H groups in total. The van der Waals surface area contributed by atoms with Crippen molar-refractivity contribution in [2.75, 3.05) is 13.2 Å². The number of carbonyl (C=O) groups excluding carboxylic acids is 1. The Hall–Kier alpha value is -2.06. The van der Waals surface area contributed by atoms with Crippen molar-refractivity contribution in [3.8, 4) is 11.8 Å². The van der Waals surface area contributed by atoms with Crippen LogP contribution in [-0.4, -0.2) is 42.2 Å². The third kappa shape index (κ3) is 2.93. The minimum absolute atomic E-state index is 0.0181. The number of carbonyl (C=O) groups is 1. The van der Waals surface area contributed by atoms with Crippen LogP contribution in [0.15, 0.2) is 24.3 Å². The average Bonchev–Trinajstić information content (AvgIpc) is 3.03. The van der Waals surface area contributed by atoms with Gasteiger partial charge in [-0.25, -0.2) is 0 Å². The van der Waals surface area contributed by atoms with Gasteiger partial charge in [-0.1, -0.05) is 0 Å². The van der Waals surface area contributed by atoms with E-state index in [0.29, 0.717) is 24.5 Å². The summed E-state index contributed by atoms with van der Waals surface area (Å²) in [6.07, 6.45) is 2.83. The predicted octanol–water partition coefficient (Wildman–Crippen LogP) is 2.11. The lowest BCUT2D eigenvalue weighted by molar-refractivity contribution is -0.150. The highest BCUT2D eigenvalue weighted by molar-refractivity contribution is 5.81. The molecule has 0 spiro atoms. The Morgan fingerprint density at radius 2 is 2.18 bits per heavy atom. The van der Waals surface area contributed by atoms with Crippen LogP contribution in [0.1, 0.15) is 31.7 Å². The number of amides is 1. The lowest BCUT2D eigenvalue weighted by Crippen LogP contribution is -2.54. The first kappa shape index (κ1) is 14.9. The molecule has 1 saturated heterocycles. The molecule has 1 saturated carbocycles. The number of nitriles is 1. The Balaban J connectivity index is 1.64. The fraction of sp³-hybridized carbons (Fsp3) is 0.529. The second-order valence-corrected chi connectivity index (χ2v) is 5.84. The van der Waals surface area contributed by atoms with Gasteiger partial charge in [0.1, 0.15) is 5.75 Å². The summed E-state index contributed by atoms with van der Waals surface area (Å²) in [6.45, 7) is 3.03. The number of hydrogen-bond donors (Lipinski definition) is 0. The molecule has 116 valence electrons. The summed E-state index contributed by atoms with van der Waals surface area (Å²) in [5.74, 6) is 0.626. The highest BCUT2D eigenvalue weighted by Gasteiger charge is 2.39. The van der Waals surface area contributed by atoms with E-state index in [1.807, 2.05) is 4.90 Å². The van der Waals surface area contributed by atoms with Crippen molar-refractivity contribution < 1.29 is 14.3 Å². The van der Waals surface area contributed by atoms with E-state index in [4.69, 9.17) is 14.7 Å². The van der Waals surface area contributed by atoms with E-state index >= 15 is 0 Å². The maximum atomic E-state index is 12.7. The topological polar surface area (TPSA) is 62.6 Å². The molecule has 0 aromatic heterocycles. The number of fused-ring (bicyclic) bond motifs is 1. The van der Waals surface area contributed by atoms with Crippen LogP contribution in [0.5, 0.6) is 5.75 Å². The maximum Gasteiger partial charge on any atom is 0.263 e. The van der Waals surface area contributed by atoms with E-state index in [0.717, 1.165) is 19.3 Å². The van der Waals surface area contributed by atoms with Crippen LogP contribution >= 0.6 is 0 Å². The Morgan fingerprint density at radius 3 is 2.91 bits per heavy atom. The molecular weight excluding hydrogens is 280 g/mol. The minimum Gasteiger partial charge on any atom is -0.481 e. The van der Waals surface area contributed by atoms with E-state index in [9.17, 15) is 4.79 Å². The zero-order chi connectivity index (χ0) is 15.5. The molecule has 1 heterocycles. The third-order valence-corrected chi connectivity index (χ3v) is 4.41. The van der Waals surface area contributed by atoms with Crippen LogP contribution in [0.25, 0.3) is 0 Å². The summed E-state index contributed by atoms with van der Waals surface area (Å²) >= 11 is 0. The van der Waals surface area contributed by atoms with Gasteiger partial charge in [0, 0.05) is 6.54 Å². The van der Waals surface area contributed by atoms with Gasteiger partial charge in [0.15, 0.2) is 6.10 Å². The van der Waals surface area contributed by atoms with Crippen molar-refractivity contribution in [3.05, 3.63) is 29.8 Å². The molecule has 2 fully saturated rings. The van der Waals surface area contributed by atoms with Crippen molar-refractivity contribution in [1.29, 1.82) is 5.26 Å². The summed E-state index contributed by atoms with van der Waals surface area (Å²) in [6, 6.07) is 9.09. The zero-order valence-electron chi connectivity index (χ0n) is 12.7. The van der Waals surface area contributed by atoms with Crippen molar-refractivity contribution in [2.24, 2.45) is 0 Å². The quantitative estimate of drug-likeness (QED) is 0.857. The number of morpholine rings is 1. The SMILES string of the molecule is C[C@H](Oc1ccc(C#N)cc1)C(=O)N1CCO[C@H]2CCC[C@H]21. The van der Waals surface area contributed by atoms with Crippen molar-refractivity contribution >= 4 is 5.91 Å². The molecule has 3 atom stereocenters. The van der Waals surface area contributed by atoms with Crippen LogP contribution in [0, 0.1) is 11.3 Å². The number of ether oxygens (including phenoxy) is 2. The van der Waals surface area contributed by atoms with Gasteiger partial charge in [0.2, 0.25) is 0 Å². The summed E-state index contributed by atoms with van der Waals surface area (Å²) in [7, 11) is 0. The first-order valence-electron chi connectivity index (χ1n) is 7.78. The number of hydrogen-bond acceptors (Lipinski definition) is 4. The summed E-state index contributed by atoms with van der Waals surface area (Å²) < 4.78 is 11.5. The van der Waals surface area contributed by atoms with Crippen LogP contribution in [0.4, 0.5) is 0 Å². The average molecular weight is 300 g/mol. The summed E-state index contributed by atoms with van der Waals surface area (Å²) in [5, 5.41) is 8.79. The monoisotopic (exact) mass is 300 g/mol. The van der Waals surface area contributed by atoms with Crippen LogP contribution in [0.3, 0.4) is 0 Å². The van der Waals surface area contributed by atoms with Gasteiger partial charge >= 0.3 is 0 Å². The molecule has 2 aliphatic rings. The molecular formula is C17H20N2O3. The fourth-order valence-electron chi connectivity index (χ4n) is 3.30. The second-order valence-electron chi connectivity index (χ2n) is 5.84. The molecule has 1 aromatic rings. The molecule has 1 aromatic carbocycles. The minimum atomic E-state index is -0.535. The summed E-state index contributed by atoms with van der Waals surface area (Å²) in [5.41, 5.74) is 0.577. The van der Waals surface area contributed by atoms with E-state index in [-0.39, 0.29) is 18.1 Å². The molecule has 1 amide bonds. The smallest absolute Gasteiger partial charge is 0.263 e. The molecule has 1 aliphatic heterocycles. The number of nitrogens with zero attached hydrogens (tertiary/aromatic N) is 2. The van der Waals surface area contributed by atoms with Gasteiger partial charge in [0.25, 0.3) is 5.91 Å². The lowest BCUT2D eigenvalue weighted by atomic mass is 10.1. The van der Waals surface area contributed by atoms with E-state index < -0.39 is 6.10 Å². The number of rotatable bonds is 3. The Bertz CT molecular complexity index is 579. The van der Waals surface area contributed by atoms with Crippen molar-refractivity contribution in [3.63, 3.8) is 0 Å². The normalized spacial score (nSPS) is 25.2. The van der Waals surface area contributed by atoms with Gasteiger partial charge in [-0.3, -0.25) is 4.79 Å². The van der Waals surface area contributed by atoms with E-state index in [1.54, 1.807) is 31.2 Å². The highest BCUT2D eigenvalue weighted by atomic mass is 16.5. The van der Waals surface area contributed by atoms with Gasteiger partial charge in [0.05, 0.1) is 30.4 Å². The maximum absolute atomic E-state index is 12.7. The van der Waals surface area contributed by atoms with Crippen molar-refractivity contribution in [1.82, 2.24) is 4.90 Å². The first-order valence-corrected chi connectivity index (χ1v) is 7.78. The van der Waals surface area contributed by atoms with Crippen molar-refractivity contribution in [2.45, 2.75) is 44.4 Å². The molecule has 3 rings (SSSR count). The second kappa shape index (κ2) is 6.37. The largest absolute Gasteiger partial charge is 0.481 e. The molecule has 0 bridgehead atoms. The molecule has 5 nitrogen and oxygen atoms in total.